The van der Waals surface area contributed by atoms with Crippen LogP contribution < -0.4 is 0 Å². The standard InChI is InChI=1S/C20H36O2/c1-2-3-4-8-11-18-14-16-19(17-15-18)12-9-6-5-7-10-13-20(21)22/h14,16,18-19H,2-13,15,17H2,1H3,(H,21,22). The molecule has 0 amide bonds. The van der Waals surface area contributed by atoms with Gasteiger partial charge in [0.15, 0.2) is 0 Å². The monoisotopic (exact) mass is 308 g/mol. The van der Waals surface area contributed by atoms with E-state index in [1.807, 2.05) is 0 Å². The van der Waals surface area contributed by atoms with Crippen LogP contribution in [0, 0.1) is 11.8 Å². The molecule has 1 aliphatic rings. The molecule has 2 unspecified atom stereocenters. The topological polar surface area (TPSA) is 37.3 Å². The fraction of sp³-hybridized carbons (Fsp3) is 0.850. The summed E-state index contributed by atoms with van der Waals surface area (Å²) in [6.45, 7) is 2.28. The first-order valence-corrected chi connectivity index (χ1v) is 9.62. The second-order valence-corrected chi connectivity index (χ2v) is 7.03. The van der Waals surface area contributed by atoms with Crippen molar-refractivity contribution in [3.8, 4) is 0 Å². The summed E-state index contributed by atoms with van der Waals surface area (Å²) in [5.74, 6) is 1.01. The lowest BCUT2D eigenvalue weighted by Crippen LogP contribution is -2.08. The van der Waals surface area contributed by atoms with Gasteiger partial charge >= 0.3 is 5.97 Å². The Labute approximate surface area is 137 Å². The van der Waals surface area contributed by atoms with Crippen molar-refractivity contribution >= 4 is 5.97 Å². The van der Waals surface area contributed by atoms with Crippen molar-refractivity contribution < 1.29 is 9.90 Å². The normalized spacial score (nSPS) is 21.1. The Morgan fingerprint density at radius 1 is 0.864 bits per heavy atom. The number of carbonyl (C=O) groups is 1. The number of carboxylic acid groups (broad SMARTS) is 1. The van der Waals surface area contributed by atoms with Crippen molar-refractivity contribution in [1.82, 2.24) is 0 Å². The van der Waals surface area contributed by atoms with Gasteiger partial charge < -0.3 is 5.11 Å². The Bertz CT molecular complexity index is 309. The van der Waals surface area contributed by atoms with E-state index in [-0.39, 0.29) is 0 Å². The van der Waals surface area contributed by atoms with E-state index in [1.165, 1.54) is 70.6 Å². The maximum Gasteiger partial charge on any atom is 0.303 e. The summed E-state index contributed by atoms with van der Waals surface area (Å²) >= 11 is 0. The van der Waals surface area contributed by atoms with Crippen LogP contribution in [0.15, 0.2) is 12.2 Å². The molecule has 2 atom stereocenters. The predicted octanol–water partition coefficient (Wildman–Crippen LogP) is 6.35. The van der Waals surface area contributed by atoms with Gasteiger partial charge in [-0.25, -0.2) is 0 Å². The minimum Gasteiger partial charge on any atom is -0.481 e. The summed E-state index contributed by atoms with van der Waals surface area (Å²) in [4.78, 5) is 10.4. The van der Waals surface area contributed by atoms with E-state index in [4.69, 9.17) is 5.11 Å². The first-order chi connectivity index (χ1) is 10.7. The lowest BCUT2D eigenvalue weighted by atomic mass is 9.83. The van der Waals surface area contributed by atoms with Crippen LogP contribution in [0.25, 0.3) is 0 Å². The van der Waals surface area contributed by atoms with E-state index in [1.54, 1.807) is 0 Å². The molecule has 0 bridgehead atoms. The van der Waals surface area contributed by atoms with E-state index in [2.05, 4.69) is 19.1 Å². The zero-order valence-corrected chi connectivity index (χ0v) is 14.6. The van der Waals surface area contributed by atoms with Gasteiger partial charge in [0.2, 0.25) is 0 Å². The van der Waals surface area contributed by atoms with Gasteiger partial charge in [-0.15, -0.1) is 0 Å². The molecule has 1 rings (SSSR count). The van der Waals surface area contributed by atoms with E-state index in [0.717, 1.165) is 24.7 Å². The van der Waals surface area contributed by atoms with Gasteiger partial charge in [-0.1, -0.05) is 70.4 Å². The summed E-state index contributed by atoms with van der Waals surface area (Å²) < 4.78 is 0. The largest absolute Gasteiger partial charge is 0.481 e. The van der Waals surface area contributed by atoms with E-state index in [0.29, 0.717) is 6.42 Å². The van der Waals surface area contributed by atoms with Crippen molar-refractivity contribution in [2.45, 2.75) is 96.8 Å². The minimum absolute atomic E-state index is 0.338. The lowest BCUT2D eigenvalue weighted by molar-refractivity contribution is -0.137. The summed E-state index contributed by atoms with van der Waals surface area (Å²) in [6, 6.07) is 0. The van der Waals surface area contributed by atoms with E-state index in [9.17, 15) is 4.79 Å². The number of aliphatic carboxylic acids is 1. The number of rotatable bonds is 13. The molecule has 0 aromatic carbocycles. The fourth-order valence-corrected chi connectivity index (χ4v) is 3.46. The number of allylic oxidation sites excluding steroid dienone is 2. The molecule has 2 nitrogen and oxygen atoms in total. The summed E-state index contributed by atoms with van der Waals surface area (Å²) in [6.07, 6.45) is 22.1. The molecule has 2 heteroatoms. The van der Waals surface area contributed by atoms with Gasteiger partial charge in [-0.3, -0.25) is 4.79 Å². The second kappa shape index (κ2) is 12.7. The van der Waals surface area contributed by atoms with E-state index < -0.39 is 5.97 Å². The van der Waals surface area contributed by atoms with Gasteiger partial charge in [-0.2, -0.15) is 0 Å². The van der Waals surface area contributed by atoms with Crippen molar-refractivity contribution in [3.63, 3.8) is 0 Å². The molecule has 0 aromatic rings. The van der Waals surface area contributed by atoms with Gasteiger partial charge in [0.05, 0.1) is 0 Å². The predicted molar refractivity (Wildman–Crippen MR) is 94.1 cm³/mol. The molecular weight excluding hydrogens is 272 g/mol. The first kappa shape index (κ1) is 19.3. The summed E-state index contributed by atoms with van der Waals surface area (Å²) in [5.41, 5.74) is 0. The molecule has 0 radical (unpaired) electrons. The Hall–Kier alpha value is -0.790. The zero-order valence-electron chi connectivity index (χ0n) is 14.6. The molecule has 22 heavy (non-hydrogen) atoms. The summed E-state index contributed by atoms with van der Waals surface area (Å²) in [7, 11) is 0. The van der Waals surface area contributed by atoms with Crippen molar-refractivity contribution in [1.29, 1.82) is 0 Å². The third-order valence-electron chi connectivity index (χ3n) is 4.96. The maximum atomic E-state index is 10.4. The molecule has 0 aromatic heterocycles. The van der Waals surface area contributed by atoms with Crippen molar-refractivity contribution in [2.24, 2.45) is 11.8 Å². The van der Waals surface area contributed by atoms with Crippen LogP contribution in [0.4, 0.5) is 0 Å². The van der Waals surface area contributed by atoms with Gasteiger partial charge in [0.1, 0.15) is 0 Å². The highest BCUT2D eigenvalue weighted by molar-refractivity contribution is 5.66. The molecule has 1 aliphatic carbocycles. The Morgan fingerprint density at radius 3 is 1.86 bits per heavy atom. The van der Waals surface area contributed by atoms with Crippen LogP contribution in [-0.2, 0) is 4.79 Å². The molecule has 128 valence electrons. The number of carboxylic acids is 1. The SMILES string of the molecule is CCCCCCC1C=CC(CCCCCCCC(=O)O)CC1. The maximum absolute atomic E-state index is 10.4. The molecule has 0 aliphatic heterocycles. The fourth-order valence-electron chi connectivity index (χ4n) is 3.46. The molecule has 0 fully saturated rings. The van der Waals surface area contributed by atoms with E-state index >= 15 is 0 Å². The average Bonchev–Trinajstić information content (AvgIpc) is 2.51. The Kier molecular flexibility index (Phi) is 11.1. The highest BCUT2D eigenvalue weighted by Gasteiger charge is 2.15. The van der Waals surface area contributed by atoms with Gasteiger partial charge in [0, 0.05) is 6.42 Å². The highest BCUT2D eigenvalue weighted by atomic mass is 16.4. The zero-order chi connectivity index (χ0) is 16.0. The number of hydrogen-bond acceptors (Lipinski definition) is 1. The average molecular weight is 309 g/mol. The van der Waals surface area contributed by atoms with Crippen molar-refractivity contribution in [2.75, 3.05) is 0 Å². The Balaban J connectivity index is 1.96. The van der Waals surface area contributed by atoms with Crippen LogP contribution in [0.1, 0.15) is 96.8 Å². The third-order valence-corrected chi connectivity index (χ3v) is 4.96. The molecule has 0 saturated heterocycles. The van der Waals surface area contributed by atoms with Crippen LogP contribution in [0.5, 0.6) is 0 Å². The third kappa shape index (κ3) is 10.0. The number of unbranched alkanes of at least 4 members (excludes halogenated alkanes) is 7. The van der Waals surface area contributed by atoms with Crippen LogP contribution in [0.3, 0.4) is 0 Å². The Morgan fingerprint density at radius 2 is 1.36 bits per heavy atom. The summed E-state index contributed by atoms with van der Waals surface area (Å²) in [5, 5.41) is 8.58. The molecule has 0 saturated carbocycles. The highest BCUT2D eigenvalue weighted by Crippen LogP contribution is 2.29. The molecule has 0 spiro atoms. The second-order valence-electron chi connectivity index (χ2n) is 7.03. The van der Waals surface area contributed by atoms with Crippen LogP contribution >= 0.6 is 0 Å². The van der Waals surface area contributed by atoms with Crippen LogP contribution in [0.2, 0.25) is 0 Å². The lowest BCUT2D eigenvalue weighted by Gasteiger charge is -2.22. The molecule has 1 N–H and O–H groups in total. The smallest absolute Gasteiger partial charge is 0.303 e. The van der Waals surface area contributed by atoms with Gasteiger partial charge in [-0.05, 0) is 43.9 Å². The number of hydrogen-bond donors (Lipinski definition) is 1. The minimum atomic E-state index is -0.656. The molecule has 0 heterocycles. The van der Waals surface area contributed by atoms with Gasteiger partial charge in [0.25, 0.3) is 0 Å². The van der Waals surface area contributed by atoms with Crippen molar-refractivity contribution in [3.05, 3.63) is 12.2 Å². The quantitative estimate of drug-likeness (QED) is 0.318. The first-order valence-electron chi connectivity index (χ1n) is 9.62. The molecular formula is C20H36O2. The van der Waals surface area contributed by atoms with Crippen LogP contribution in [-0.4, -0.2) is 11.1 Å².